The number of anilines is 1. The van der Waals surface area contributed by atoms with Crippen molar-refractivity contribution in [2.75, 3.05) is 44.7 Å². The molecule has 126 valence electrons. The van der Waals surface area contributed by atoms with Gasteiger partial charge in [0.15, 0.2) is 0 Å². The van der Waals surface area contributed by atoms with Crippen molar-refractivity contribution in [3.63, 3.8) is 0 Å². The smallest absolute Gasteiger partial charge is 0.204 e. The van der Waals surface area contributed by atoms with Crippen LogP contribution in [0.4, 0.5) is 5.69 Å². The summed E-state index contributed by atoms with van der Waals surface area (Å²) in [5.41, 5.74) is 1.52. The molecule has 22 heavy (non-hydrogen) atoms. The summed E-state index contributed by atoms with van der Waals surface area (Å²) in [5, 5.41) is 3.26. The topological polar surface area (TPSA) is 41.6 Å². The summed E-state index contributed by atoms with van der Waals surface area (Å²) in [6, 6.07) is 0. The average molecular weight is 327 g/mol. The number of nitrogens with one attached hydrogen (secondary N) is 1. The molecule has 4 nitrogen and oxygen atoms in total. The maximum absolute atomic E-state index is 11.8. The molecule has 0 aliphatic carbocycles. The third kappa shape index (κ3) is 5.14. The first-order valence-corrected chi connectivity index (χ1v) is 8.61. The van der Waals surface area contributed by atoms with Gasteiger partial charge in [-0.2, -0.15) is 0 Å². The lowest BCUT2D eigenvalue weighted by atomic mass is 9.83. The largest absolute Gasteiger partial charge is 0.381 e. The minimum atomic E-state index is -0.162. The summed E-state index contributed by atoms with van der Waals surface area (Å²) in [6.45, 7) is 15.7. The molecule has 0 aliphatic heterocycles. The highest BCUT2D eigenvalue weighted by atomic mass is 32.1. The Hall–Kier alpha value is -0.780. The lowest BCUT2D eigenvalue weighted by molar-refractivity contribution is 0.113. The Labute approximate surface area is 139 Å². The van der Waals surface area contributed by atoms with Crippen LogP contribution in [-0.2, 0) is 10.2 Å². The molecule has 1 N–H and O–H groups in total. The van der Waals surface area contributed by atoms with Crippen molar-refractivity contribution in [1.29, 1.82) is 0 Å². The van der Waals surface area contributed by atoms with E-state index in [0.29, 0.717) is 17.7 Å². The summed E-state index contributed by atoms with van der Waals surface area (Å²) in [5.74, 6) is 0. The molecular weight excluding hydrogens is 296 g/mol. The highest BCUT2D eigenvalue weighted by Gasteiger charge is 2.27. The Morgan fingerprint density at radius 3 is 2.41 bits per heavy atom. The zero-order valence-corrected chi connectivity index (χ0v) is 15.4. The van der Waals surface area contributed by atoms with Gasteiger partial charge in [-0.25, -0.2) is 0 Å². The molecule has 0 fully saturated rings. The molecule has 0 bridgehead atoms. The van der Waals surface area contributed by atoms with Gasteiger partial charge in [0.05, 0.1) is 18.9 Å². The predicted molar refractivity (Wildman–Crippen MR) is 96.3 cm³/mol. The molecule has 0 spiro atoms. The van der Waals surface area contributed by atoms with Crippen molar-refractivity contribution in [1.82, 2.24) is 4.90 Å². The molecule has 0 saturated heterocycles. The van der Waals surface area contributed by atoms with Crippen LogP contribution in [0, 0.1) is 4.51 Å². The Morgan fingerprint density at radius 2 is 1.86 bits per heavy atom. The lowest BCUT2D eigenvalue weighted by Crippen LogP contribution is -2.32. The van der Waals surface area contributed by atoms with Gasteiger partial charge in [0.25, 0.3) is 0 Å². The first-order valence-electron chi connectivity index (χ1n) is 8.20. The van der Waals surface area contributed by atoms with E-state index in [1.807, 2.05) is 20.8 Å². The van der Waals surface area contributed by atoms with Crippen molar-refractivity contribution in [3.8, 4) is 0 Å². The number of hydrogen-bond acceptors (Lipinski definition) is 5. The number of nitrogens with zero attached hydrogens (tertiary/aromatic N) is 1. The van der Waals surface area contributed by atoms with Gasteiger partial charge in [0.1, 0.15) is 4.51 Å². The number of hydrogen-bond donors (Lipinski definition) is 1. The SMILES string of the molecule is CCCN(CC)CCOCCNc1c(C(C)(C)C)c(=O)c1=S. The zero-order valence-electron chi connectivity index (χ0n) is 14.6. The summed E-state index contributed by atoms with van der Waals surface area (Å²) in [6.07, 6.45) is 1.17. The summed E-state index contributed by atoms with van der Waals surface area (Å²) < 4.78 is 6.09. The predicted octanol–water partition coefficient (Wildman–Crippen LogP) is 3.11. The van der Waals surface area contributed by atoms with Crippen LogP contribution in [0.15, 0.2) is 4.79 Å². The molecule has 0 heterocycles. The van der Waals surface area contributed by atoms with Gasteiger partial charge in [0.2, 0.25) is 5.43 Å². The Bertz CT molecular complexity index is 527. The van der Waals surface area contributed by atoms with Gasteiger partial charge in [-0.1, -0.05) is 46.8 Å². The van der Waals surface area contributed by atoms with Gasteiger partial charge in [-0.3, -0.25) is 4.79 Å². The maximum Gasteiger partial charge on any atom is 0.204 e. The molecule has 0 saturated carbocycles. The third-order valence-corrected chi connectivity index (χ3v) is 4.14. The molecule has 1 rings (SSSR count). The first-order chi connectivity index (χ1) is 10.3. The third-order valence-electron chi connectivity index (χ3n) is 3.75. The zero-order chi connectivity index (χ0) is 16.8. The van der Waals surface area contributed by atoms with Crippen molar-refractivity contribution in [2.24, 2.45) is 0 Å². The van der Waals surface area contributed by atoms with E-state index in [9.17, 15) is 4.79 Å². The molecule has 1 aromatic rings. The van der Waals surface area contributed by atoms with E-state index in [2.05, 4.69) is 24.1 Å². The molecule has 0 radical (unpaired) electrons. The number of rotatable bonds is 10. The molecule has 0 atom stereocenters. The van der Waals surface area contributed by atoms with Crippen LogP contribution >= 0.6 is 12.2 Å². The molecular formula is C17H30N2O2S. The van der Waals surface area contributed by atoms with E-state index in [0.717, 1.165) is 37.5 Å². The average Bonchev–Trinajstić information content (AvgIpc) is 2.46. The minimum absolute atomic E-state index is 0.0177. The van der Waals surface area contributed by atoms with Crippen LogP contribution in [0.5, 0.6) is 0 Å². The fourth-order valence-corrected chi connectivity index (χ4v) is 2.84. The Morgan fingerprint density at radius 1 is 1.18 bits per heavy atom. The molecule has 0 unspecified atom stereocenters. The standard InChI is InChI=1S/C17H30N2O2S/c1-6-9-19(7-2)10-12-21-11-8-18-14-13(17(3,4)5)15(20)16(14)22/h18H,6-12H2,1-5H3. The fraction of sp³-hybridized carbons (Fsp3) is 0.765. The van der Waals surface area contributed by atoms with E-state index >= 15 is 0 Å². The summed E-state index contributed by atoms with van der Waals surface area (Å²) in [7, 11) is 0. The summed E-state index contributed by atoms with van der Waals surface area (Å²) in [4.78, 5) is 14.2. The van der Waals surface area contributed by atoms with Gasteiger partial charge >= 0.3 is 0 Å². The van der Waals surface area contributed by atoms with Crippen LogP contribution < -0.4 is 10.7 Å². The summed E-state index contributed by atoms with van der Waals surface area (Å²) >= 11 is 5.14. The van der Waals surface area contributed by atoms with Crippen molar-refractivity contribution in [3.05, 3.63) is 20.3 Å². The number of likely N-dealkylation sites (N-methyl/N-ethyl adjacent to an activating group) is 1. The van der Waals surface area contributed by atoms with Gasteiger partial charge in [-0.15, -0.1) is 0 Å². The first kappa shape index (κ1) is 19.3. The fourth-order valence-electron chi connectivity index (χ4n) is 2.56. The van der Waals surface area contributed by atoms with Crippen LogP contribution in [0.3, 0.4) is 0 Å². The molecule has 0 aromatic heterocycles. The van der Waals surface area contributed by atoms with Gasteiger partial charge in [0, 0.05) is 18.7 Å². The van der Waals surface area contributed by atoms with Gasteiger partial charge in [-0.05, 0) is 24.9 Å². The van der Waals surface area contributed by atoms with E-state index in [4.69, 9.17) is 17.0 Å². The van der Waals surface area contributed by atoms with Crippen LogP contribution in [0.2, 0.25) is 0 Å². The quantitative estimate of drug-likeness (QED) is 0.528. The van der Waals surface area contributed by atoms with E-state index in [-0.39, 0.29) is 10.8 Å². The Balaban J connectivity index is 2.31. The van der Waals surface area contributed by atoms with Crippen molar-refractivity contribution < 1.29 is 4.74 Å². The van der Waals surface area contributed by atoms with Crippen molar-refractivity contribution >= 4 is 17.9 Å². The maximum atomic E-state index is 11.8. The molecule has 5 heteroatoms. The minimum Gasteiger partial charge on any atom is -0.381 e. The highest BCUT2D eigenvalue weighted by Crippen LogP contribution is 2.29. The number of ether oxygens (including phenoxy) is 1. The second-order valence-electron chi connectivity index (χ2n) is 6.63. The van der Waals surface area contributed by atoms with E-state index < -0.39 is 0 Å². The van der Waals surface area contributed by atoms with Gasteiger partial charge < -0.3 is 15.0 Å². The monoisotopic (exact) mass is 326 g/mol. The lowest BCUT2D eigenvalue weighted by Gasteiger charge is -2.25. The van der Waals surface area contributed by atoms with Crippen LogP contribution in [0.1, 0.15) is 46.6 Å². The van der Waals surface area contributed by atoms with Crippen LogP contribution in [-0.4, -0.2) is 44.3 Å². The second kappa shape index (κ2) is 8.75. The highest BCUT2D eigenvalue weighted by molar-refractivity contribution is 7.71. The van der Waals surface area contributed by atoms with Crippen molar-refractivity contribution in [2.45, 2.75) is 46.5 Å². The van der Waals surface area contributed by atoms with E-state index in [1.165, 1.54) is 6.42 Å². The van der Waals surface area contributed by atoms with Crippen LogP contribution in [0.25, 0.3) is 0 Å². The second-order valence-corrected chi connectivity index (χ2v) is 7.04. The molecule has 0 amide bonds. The van der Waals surface area contributed by atoms with E-state index in [1.54, 1.807) is 0 Å². The molecule has 1 aromatic carbocycles. The Kier molecular flexibility index (Phi) is 7.66. The normalized spacial score (nSPS) is 12.3. The molecule has 0 aliphatic rings.